The second kappa shape index (κ2) is 7.61. The Labute approximate surface area is 132 Å². The molecule has 0 saturated heterocycles. The third-order valence-corrected chi connectivity index (χ3v) is 4.09. The van der Waals surface area contributed by atoms with Crippen molar-refractivity contribution in [1.29, 1.82) is 0 Å². The van der Waals surface area contributed by atoms with Crippen LogP contribution in [0.4, 0.5) is 5.69 Å². The first kappa shape index (κ1) is 16.0. The number of phenols is 1. The number of rotatable bonds is 7. The van der Waals surface area contributed by atoms with E-state index in [1.807, 2.05) is 30.3 Å². The van der Waals surface area contributed by atoms with E-state index in [1.54, 1.807) is 12.1 Å². The Kier molecular flexibility index (Phi) is 5.55. The van der Waals surface area contributed by atoms with Crippen molar-refractivity contribution in [1.82, 2.24) is 0 Å². The molecule has 2 aromatic carbocycles. The molecular weight excluding hydrogens is 302 g/mol. The first-order valence-electron chi connectivity index (χ1n) is 6.62. The van der Waals surface area contributed by atoms with Crippen molar-refractivity contribution in [2.45, 2.75) is 5.37 Å². The molecule has 6 heteroatoms. The van der Waals surface area contributed by atoms with E-state index in [2.05, 4.69) is 5.32 Å². The highest BCUT2D eigenvalue weighted by atomic mass is 32.2. The van der Waals surface area contributed by atoms with Crippen LogP contribution in [0.5, 0.6) is 11.5 Å². The van der Waals surface area contributed by atoms with Crippen molar-refractivity contribution in [2.75, 3.05) is 18.2 Å². The lowest BCUT2D eigenvalue weighted by Crippen LogP contribution is -2.10. The fourth-order valence-electron chi connectivity index (χ4n) is 1.92. The predicted octanol–water partition coefficient (Wildman–Crippen LogP) is 3.33. The summed E-state index contributed by atoms with van der Waals surface area (Å²) in [6.45, 7) is 0. The van der Waals surface area contributed by atoms with Crippen LogP contribution in [0, 0.1) is 0 Å². The Morgan fingerprint density at radius 3 is 2.64 bits per heavy atom. The zero-order valence-corrected chi connectivity index (χ0v) is 12.8. The molecule has 5 nitrogen and oxygen atoms in total. The van der Waals surface area contributed by atoms with Crippen molar-refractivity contribution in [3.63, 3.8) is 0 Å². The van der Waals surface area contributed by atoms with Gasteiger partial charge in [-0.1, -0.05) is 24.3 Å². The van der Waals surface area contributed by atoms with Crippen LogP contribution in [0.3, 0.4) is 0 Å². The Morgan fingerprint density at radius 2 is 2.00 bits per heavy atom. The van der Waals surface area contributed by atoms with Gasteiger partial charge in [-0.25, -0.2) is 0 Å². The lowest BCUT2D eigenvalue weighted by molar-refractivity contribution is -0.133. The number of hydrogen-bond acceptors (Lipinski definition) is 5. The van der Waals surface area contributed by atoms with Crippen LogP contribution in [0.25, 0.3) is 0 Å². The SMILES string of the molecule is COc1cc([C@@H](Nc2ccccc2)SCC(=O)O)ccc1O. The van der Waals surface area contributed by atoms with Crippen LogP contribution in [0.2, 0.25) is 0 Å². The number of nitrogens with one attached hydrogen (secondary N) is 1. The van der Waals surface area contributed by atoms with Crippen molar-refractivity contribution in [2.24, 2.45) is 0 Å². The maximum atomic E-state index is 10.9. The molecule has 0 heterocycles. The van der Waals surface area contributed by atoms with E-state index in [0.29, 0.717) is 5.75 Å². The third-order valence-electron chi connectivity index (χ3n) is 2.95. The summed E-state index contributed by atoms with van der Waals surface area (Å²) in [5.74, 6) is -0.509. The molecule has 116 valence electrons. The summed E-state index contributed by atoms with van der Waals surface area (Å²) >= 11 is 1.25. The predicted molar refractivity (Wildman–Crippen MR) is 87.6 cm³/mol. The van der Waals surface area contributed by atoms with Gasteiger partial charge >= 0.3 is 5.97 Å². The average molecular weight is 319 g/mol. The molecule has 22 heavy (non-hydrogen) atoms. The number of anilines is 1. The maximum absolute atomic E-state index is 10.9. The van der Waals surface area contributed by atoms with Crippen molar-refractivity contribution in [3.8, 4) is 11.5 Å². The number of phenolic OH excluding ortho intramolecular Hbond substituents is 1. The van der Waals surface area contributed by atoms with Gasteiger partial charge in [0.05, 0.1) is 18.2 Å². The van der Waals surface area contributed by atoms with E-state index >= 15 is 0 Å². The number of carboxylic acids is 1. The molecule has 0 radical (unpaired) electrons. The van der Waals surface area contributed by atoms with Gasteiger partial charge in [-0.05, 0) is 29.8 Å². The van der Waals surface area contributed by atoms with Crippen LogP contribution in [0.15, 0.2) is 48.5 Å². The third kappa shape index (κ3) is 4.33. The van der Waals surface area contributed by atoms with Crippen LogP contribution in [-0.4, -0.2) is 29.0 Å². The van der Waals surface area contributed by atoms with Gasteiger partial charge in [-0.15, -0.1) is 11.8 Å². The van der Waals surface area contributed by atoms with E-state index in [9.17, 15) is 9.90 Å². The topological polar surface area (TPSA) is 78.8 Å². The summed E-state index contributed by atoms with van der Waals surface area (Å²) in [7, 11) is 1.48. The van der Waals surface area contributed by atoms with Crippen LogP contribution in [0.1, 0.15) is 10.9 Å². The van der Waals surface area contributed by atoms with Gasteiger partial charge in [-0.3, -0.25) is 4.79 Å². The number of methoxy groups -OCH3 is 1. The van der Waals surface area contributed by atoms with E-state index in [0.717, 1.165) is 11.3 Å². The Balaban J connectivity index is 2.25. The summed E-state index contributed by atoms with van der Waals surface area (Å²) < 4.78 is 5.11. The first-order chi connectivity index (χ1) is 10.6. The molecule has 0 aliphatic heterocycles. The van der Waals surface area contributed by atoms with Crippen LogP contribution >= 0.6 is 11.8 Å². The zero-order valence-electron chi connectivity index (χ0n) is 12.0. The number of benzene rings is 2. The number of carbonyl (C=O) groups is 1. The number of aliphatic carboxylic acids is 1. The summed E-state index contributed by atoms with van der Waals surface area (Å²) in [6.07, 6.45) is 0. The molecule has 2 rings (SSSR count). The minimum absolute atomic E-state index is 0.0340. The van der Waals surface area contributed by atoms with E-state index in [1.165, 1.54) is 24.9 Å². The van der Waals surface area contributed by atoms with Crippen molar-refractivity contribution >= 4 is 23.4 Å². The molecule has 2 aromatic rings. The molecule has 0 aromatic heterocycles. The Morgan fingerprint density at radius 1 is 1.27 bits per heavy atom. The summed E-state index contributed by atoms with van der Waals surface area (Å²) in [5.41, 5.74) is 1.71. The highest BCUT2D eigenvalue weighted by molar-refractivity contribution is 8.00. The van der Waals surface area contributed by atoms with Gasteiger partial charge in [0.15, 0.2) is 11.5 Å². The maximum Gasteiger partial charge on any atom is 0.313 e. The summed E-state index contributed by atoms with van der Waals surface area (Å²) in [4.78, 5) is 10.9. The molecule has 0 aliphatic carbocycles. The fourth-order valence-corrected chi connectivity index (χ4v) is 2.79. The molecule has 0 spiro atoms. The molecule has 0 saturated carbocycles. The quantitative estimate of drug-likeness (QED) is 0.679. The molecule has 3 N–H and O–H groups in total. The normalized spacial score (nSPS) is 11.7. The standard InChI is InChI=1S/C16H17NO4S/c1-21-14-9-11(7-8-13(14)18)16(22-10-15(19)20)17-12-5-3-2-4-6-12/h2-9,16-18H,10H2,1H3,(H,19,20)/t16-/m0/s1. The van der Waals surface area contributed by atoms with Crippen molar-refractivity contribution < 1.29 is 19.7 Å². The minimum atomic E-state index is -0.879. The van der Waals surface area contributed by atoms with Crippen molar-refractivity contribution in [3.05, 3.63) is 54.1 Å². The number of para-hydroxylation sites is 1. The number of hydrogen-bond donors (Lipinski definition) is 3. The van der Waals surface area contributed by atoms with E-state index < -0.39 is 5.97 Å². The highest BCUT2D eigenvalue weighted by Gasteiger charge is 2.16. The first-order valence-corrected chi connectivity index (χ1v) is 7.67. The average Bonchev–Trinajstić information content (AvgIpc) is 2.53. The number of carboxylic acid groups (broad SMARTS) is 1. The van der Waals surface area contributed by atoms with E-state index in [4.69, 9.17) is 9.84 Å². The highest BCUT2D eigenvalue weighted by Crippen LogP contribution is 2.35. The largest absolute Gasteiger partial charge is 0.504 e. The summed E-state index contributed by atoms with van der Waals surface area (Å²) in [5, 5.41) is 21.6. The smallest absolute Gasteiger partial charge is 0.313 e. The molecule has 0 aliphatic rings. The monoisotopic (exact) mass is 319 g/mol. The van der Waals surface area contributed by atoms with E-state index in [-0.39, 0.29) is 16.9 Å². The Bertz CT molecular complexity index is 633. The van der Waals surface area contributed by atoms with Gasteiger partial charge in [0, 0.05) is 5.69 Å². The number of aromatic hydroxyl groups is 1. The van der Waals surface area contributed by atoms with Gasteiger partial charge in [0.1, 0.15) is 0 Å². The fraction of sp³-hybridized carbons (Fsp3) is 0.188. The minimum Gasteiger partial charge on any atom is -0.504 e. The van der Waals surface area contributed by atoms with Gasteiger partial charge in [0.2, 0.25) is 0 Å². The lowest BCUT2D eigenvalue weighted by Gasteiger charge is -2.20. The lowest BCUT2D eigenvalue weighted by atomic mass is 10.2. The second-order valence-corrected chi connectivity index (χ2v) is 5.62. The molecule has 0 bridgehead atoms. The molecule has 0 fully saturated rings. The van der Waals surface area contributed by atoms with Gasteiger partial charge in [-0.2, -0.15) is 0 Å². The van der Waals surface area contributed by atoms with Crippen LogP contribution < -0.4 is 10.1 Å². The second-order valence-electron chi connectivity index (χ2n) is 4.53. The molecule has 0 amide bonds. The van der Waals surface area contributed by atoms with Gasteiger partial charge < -0.3 is 20.3 Å². The Hall–Kier alpha value is -2.34. The van der Waals surface area contributed by atoms with Gasteiger partial charge in [0.25, 0.3) is 0 Å². The number of thioether (sulfide) groups is 1. The number of ether oxygens (including phenoxy) is 1. The van der Waals surface area contributed by atoms with Crippen LogP contribution in [-0.2, 0) is 4.79 Å². The summed E-state index contributed by atoms with van der Waals surface area (Å²) in [6, 6.07) is 14.5. The molecule has 1 atom stereocenters. The molecule has 0 unspecified atom stereocenters. The zero-order chi connectivity index (χ0) is 15.9. The molecular formula is C16H17NO4S.